The van der Waals surface area contributed by atoms with Gasteiger partial charge in [-0.2, -0.15) is 0 Å². The fourth-order valence-corrected chi connectivity index (χ4v) is 7.45. The molecule has 1 atom stereocenters. The van der Waals surface area contributed by atoms with Crippen LogP contribution in [0.3, 0.4) is 0 Å². The predicted molar refractivity (Wildman–Crippen MR) is 39.7 cm³/mol. The number of aliphatic carboxylic acids is 2. The molecule has 6 nitrogen and oxygen atoms in total. The van der Waals surface area contributed by atoms with E-state index in [1.807, 2.05) is 0 Å². The SMILES string of the molecule is C[C](N)(O)[Cd]([CH2]C(=O)O)[CH2]C(=O)O. The molecule has 0 saturated carbocycles. The molecule has 0 rings (SSSR count). The van der Waals surface area contributed by atoms with Gasteiger partial charge in [0.25, 0.3) is 0 Å². The van der Waals surface area contributed by atoms with Crippen LogP contribution in [0.4, 0.5) is 0 Å². The van der Waals surface area contributed by atoms with E-state index in [-0.39, 0.29) is 7.96 Å². The number of aliphatic hydroxyl groups is 1. The Hall–Kier alpha value is -0.218. The second kappa shape index (κ2) is 4.86. The molecular weight excluding hydrogens is 278 g/mol. The molecule has 0 aromatic carbocycles. The molecule has 7 heteroatoms. The summed E-state index contributed by atoms with van der Waals surface area (Å²) in [7, 11) is 0. The summed E-state index contributed by atoms with van der Waals surface area (Å²) in [6.45, 7) is 1.28. The van der Waals surface area contributed by atoms with Crippen LogP contribution in [0.25, 0.3) is 0 Å². The molecule has 0 fully saturated rings. The molecule has 1 unspecified atom stereocenters. The van der Waals surface area contributed by atoms with E-state index < -0.39 is 37.9 Å². The Morgan fingerprint density at radius 1 is 1.31 bits per heavy atom. The molecule has 0 bridgehead atoms. The Balaban J connectivity index is 4.37. The molecule has 0 saturated heterocycles. The molecule has 0 aromatic heterocycles. The van der Waals surface area contributed by atoms with E-state index in [2.05, 4.69) is 0 Å². The van der Waals surface area contributed by atoms with Crippen molar-refractivity contribution in [1.82, 2.24) is 0 Å². The molecule has 0 aromatic rings. The van der Waals surface area contributed by atoms with Crippen LogP contribution in [-0.4, -0.2) is 30.5 Å². The predicted octanol–water partition coefficient (Wildman–Crippen LogP) is -0.765. The molecule has 13 heavy (non-hydrogen) atoms. The normalized spacial score (nSPS) is 14.7. The van der Waals surface area contributed by atoms with E-state index in [0.29, 0.717) is 0 Å². The van der Waals surface area contributed by atoms with E-state index in [4.69, 9.17) is 15.9 Å². The van der Waals surface area contributed by atoms with Gasteiger partial charge in [0.2, 0.25) is 0 Å². The zero-order valence-corrected chi connectivity index (χ0v) is 11.4. The fraction of sp³-hybridized carbons (Fsp3) is 0.667. The van der Waals surface area contributed by atoms with Crippen LogP contribution >= 0.6 is 0 Å². The Labute approximate surface area is 83.5 Å². The molecule has 0 aliphatic carbocycles. The quantitative estimate of drug-likeness (QED) is 0.390. The van der Waals surface area contributed by atoms with Gasteiger partial charge in [0, 0.05) is 0 Å². The maximum absolute atomic E-state index is 10.3. The molecule has 0 aliphatic heterocycles. The van der Waals surface area contributed by atoms with Crippen molar-refractivity contribution in [3.63, 3.8) is 0 Å². The van der Waals surface area contributed by atoms with Gasteiger partial charge in [-0.05, 0) is 0 Å². The maximum atomic E-state index is 10.3. The summed E-state index contributed by atoms with van der Waals surface area (Å²) < 4.78 is -2.04. The Morgan fingerprint density at radius 2 is 1.62 bits per heavy atom. The zero-order valence-electron chi connectivity index (χ0n) is 7.36. The van der Waals surface area contributed by atoms with Crippen LogP contribution in [0.15, 0.2) is 0 Å². The second-order valence-electron chi connectivity index (χ2n) is 3.50. The summed E-state index contributed by atoms with van der Waals surface area (Å²) in [5.41, 5.74) is 5.30. The number of hydrogen-bond donors (Lipinski definition) is 4. The summed E-state index contributed by atoms with van der Waals surface area (Å²) in [5, 5.41) is 26.2. The molecule has 0 amide bonds. The van der Waals surface area contributed by atoms with Crippen molar-refractivity contribution < 1.29 is 47.6 Å². The van der Waals surface area contributed by atoms with Gasteiger partial charge < -0.3 is 0 Å². The van der Waals surface area contributed by atoms with E-state index in [0.717, 1.165) is 0 Å². The van der Waals surface area contributed by atoms with Crippen molar-refractivity contribution in [2.75, 3.05) is 0 Å². The van der Waals surface area contributed by atoms with Gasteiger partial charge in [-0.25, -0.2) is 0 Å². The molecule has 0 heterocycles. The van der Waals surface area contributed by atoms with Gasteiger partial charge >= 0.3 is 83.5 Å². The molecule has 0 spiro atoms. The number of carboxylic acids is 2. The van der Waals surface area contributed by atoms with Gasteiger partial charge in [0.05, 0.1) is 0 Å². The Morgan fingerprint density at radius 3 is 1.77 bits per heavy atom. The van der Waals surface area contributed by atoms with Crippen molar-refractivity contribution in [1.29, 1.82) is 0 Å². The zero-order chi connectivity index (χ0) is 10.6. The first-order valence-corrected chi connectivity index (χ1v) is 11.7. The summed E-state index contributed by atoms with van der Waals surface area (Å²) >= 11 is -3.27. The third kappa shape index (κ3) is 5.94. The van der Waals surface area contributed by atoms with Crippen molar-refractivity contribution in [2.45, 2.75) is 18.2 Å². The van der Waals surface area contributed by atoms with Gasteiger partial charge in [0.15, 0.2) is 0 Å². The minimum absolute atomic E-state index is 0.239. The topological polar surface area (TPSA) is 121 Å². The third-order valence-electron chi connectivity index (χ3n) is 2.04. The number of carboxylic acid groups (broad SMARTS) is 2. The molecule has 5 N–H and O–H groups in total. The van der Waals surface area contributed by atoms with E-state index in [1.54, 1.807) is 0 Å². The molecular formula is C6H12CdNO5. The van der Waals surface area contributed by atoms with Crippen LogP contribution in [0, 0.1) is 0 Å². The third-order valence-corrected chi connectivity index (χ3v) is 13.7. The van der Waals surface area contributed by atoms with E-state index >= 15 is 0 Å². The van der Waals surface area contributed by atoms with Crippen LogP contribution in [0.2, 0.25) is 7.96 Å². The summed E-state index contributed by atoms with van der Waals surface area (Å²) in [4.78, 5) is 20.7. The van der Waals surface area contributed by atoms with Gasteiger partial charge in [-0.15, -0.1) is 0 Å². The molecule has 0 radical (unpaired) electrons. The monoisotopic (exact) mass is 292 g/mol. The first kappa shape index (κ1) is 12.8. The average Bonchev–Trinajstić information content (AvgIpc) is 1.81. The number of carbonyl (C=O) groups is 2. The van der Waals surface area contributed by atoms with Crippen molar-refractivity contribution in [2.24, 2.45) is 5.73 Å². The van der Waals surface area contributed by atoms with Crippen molar-refractivity contribution in [3.8, 4) is 0 Å². The number of nitrogens with two attached hydrogens (primary N) is 1. The Kier molecular flexibility index (Phi) is 4.78. The number of hydrogen-bond acceptors (Lipinski definition) is 4. The average molecular weight is 291 g/mol. The molecule has 0 aliphatic rings. The van der Waals surface area contributed by atoms with Gasteiger partial charge in [-0.1, -0.05) is 0 Å². The first-order valence-electron chi connectivity index (χ1n) is 3.93. The van der Waals surface area contributed by atoms with E-state index in [9.17, 15) is 14.7 Å². The fourth-order valence-electron chi connectivity index (χ4n) is 1.11. The van der Waals surface area contributed by atoms with Crippen LogP contribution < -0.4 is 5.73 Å². The first-order chi connectivity index (χ1) is 5.73. The summed E-state index contributed by atoms with van der Waals surface area (Å²) in [6.07, 6.45) is 0. The van der Waals surface area contributed by atoms with Crippen molar-refractivity contribution in [3.05, 3.63) is 0 Å². The summed E-state index contributed by atoms with van der Waals surface area (Å²) in [5.74, 6) is -2.17. The van der Waals surface area contributed by atoms with Crippen LogP contribution in [0.5, 0.6) is 0 Å². The van der Waals surface area contributed by atoms with Gasteiger partial charge in [-0.3, -0.25) is 0 Å². The van der Waals surface area contributed by atoms with Crippen LogP contribution in [0.1, 0.15) is 6.92 Å². The Bertz CT molecular complexity index is 196. The van der Waals surface area contributed by atoms with Crippen LogP contribution in [-0.2, 0) is 32.3 Å². The summed E-state index contributed by atoms with van der Waals surface area (Å²) in [6, 6.07) is 0. The minimum atomic E-state index is -3.27. The van der Waals surface area contributed by atoms with Gasteiger partial charge in [0.1, 0.15) is 0 Å². The standard InChI is InChI=1S/C2H6NO.2C2H3O2.Cd/c3*1-2(3)4;/h4H,3H2,1H3;2*1H2,(H,3,4);. The number of rotatable bonds is 5. The second-order valence-corrected chi connectivity index (χ2v) is 15.3. The van der Waals surface area contributed by atoms with E-state index in [1.165, 1.54) is 6.92 Å². The van der Waals surface area contributed by atoms with Crippen molar-refractivity contribution >= 4 is 11.9 Å². The molecule has 73 valence electrons.